The average molecular weight is 422 g/mol. The van der Waals surface area contributed by atoms with Crippen LogP contribution in [0.2, 0.25) is 0 Å². The van der Waals surface area contributed by atoms with E-state index in [0.29, 0.717) is 9.37 Å². The molecular formula is C15H14BrF2NO6. The number of carboxylic acid groups (broad SMARTS) is 2. The molecule has 7 nitrogen and oxygen atoms in total. The van der Waals surface area contributed by atoms with Crippen LogP contribution in [0.25, 0.3) is 0 Å². The standard InChI is InChI=1S/C15H14BrF2NO6/c16-9-3-1-8(2-4-9)11(20)6-15(12(21)22)5-10(25-13(17)18)7-19(15)14(23)24/h1-4,10,13H,5-7H2,(H,21,22)(H,23,24). The normalized spacial score (nSPS) is 23.0. The molecule has 2 atom stereocenters. The number of likely N-dealkylation sites (tertiary alicyclic amines) is 1. The maximum Gasteiger partial charge on any atom is 0.408 e. The highest BCUT2D eigenvalue weighted by Crippen LogP contribution is 2.36. The number of rotatable bonds is 6. The SMILES string of the molecule is O=C(CC1(C(=O)O)CC(OC(F)F)CN1C(=O)O)c1ccc(Br)cc1. The second-order valence-corrected chi connectivity index (χ2v) is 6.48. The van der Waals surface area contributed by atoms with Gasteiger partial charge in [0.2, 0.25) is 0 Å². The van der Waals surface area contributed by atoms with Gasteiger partial charge in [0.05, 0.1) is 12.6 Å². The molecule has 2 rings (SSSR count). The van der Waals surface area contributed by atoms with E-state index in [1.165, 1.54) is 12.1 Å². The Morgan fingerprint density at radius 2 is 1.88 bits per heavy atom. The van der Waals surface area contributed by atoms with Gasteiger partial charge in [0.25, 0.3) is 0 Å². The Labute approximate surface area is 149 Å². The Kier molecular flexibility index (Phi) is 5.73. The number of alkyl halides is 2. The molecule has 2 N–H and O–H groups in total. The van der Waals surface area contributed by atoms with Gasteiger partial charge >= 0.3 is 18.7 Å². The van der Waals surface area contributed by atoms with Crippen LogP contribution in [0.3, 0.4) is 0 Å². The second kappa shape index (κ2) is 7.44. The van der Waals surface area contributed by atoms with Gasteiger partial charge in [-0.3, -0.25) is 9.69 Å². The summed E-state index contributed by atoms with van der Waals surface area (Å²) >= 11 is 3.20. The molecule has 1 fully saturated rings. The smallest absolute Gasteiger partial charge is 0.408 e. The molecule has 136 valence electrons. The number of hydrogen-bond donors (Lipinski definition) is 2. The van der Waals surface area contributed by atoms with Gasteiger partial charge in [0.1, 0.15) is 0 Å². The van der Waals surface area contributed by atoms with Crippen molar-refractivity contribution in [1.29, 1.82) is 0 Å². The number of halogens is 3. The molecule has 1 aliphatic heterocycles. The molecule has 1 aromatic carbocycles. The lowest BCUT2D eigenvalue weighted by atomic mass is 9.87. The number of benzene rings is 1. The van der Waals surface area contributed by atoms with Crippen molar-refractivity contribution in [2.24, 2.45) is 0 Å². The van der Waals surface area contributed by atoms with E-state index in [-0.39, 0.29) is 5.56 Å². The second-order valence-electron chi connectivity index (χ2n) is 5.56. The Balaban J connectivity index is 2.32. The summed E-state index contributed by atoms with van der Waals surface area (Å²) in [7, 11) is 0. The highest BCUT2D eigenvalue weighted by Gasteiger charge is 2.56. The third kappa shape index (κ3) is 4.13. The number of hydrogen-bond acceptors (Lipinski definition) is 4. The molecule has 1 aliphatic rings. The van der Waals surface area contributed by atoms with Gasteiger partial charge in [0.15, 0.2) is 11.3 Å². The molecule has 0 spiro atoms. The largest absolute Gasteiger partial charge is 0.479 e. The molecule has 0 saturated carbocycles. The molecular weight excluding hydrogens is 408 g/mol. The lowest BCUT2D eigenvalue weighted by Gasteiger charge is -2.31. The molecule has 0 aromatic heterocycles. The van der Waals surface area contributed by atoms with Crippen molar-refractivity contribution in [2.45, 2.75) is 31.1 Å². The Hall–Kier alpha value is -2.07. The van der Waals surface area contributed by atoms with Crippen LogP contribution in [0.5, 0.6) is 0 Å². The van der Waals surface area contributed by atoms with Gasteiger partial charge in [-0.25, -0.2) is 9.59 Å². The highest BCUT2D eigenvalue weighted by atomic mass is 79.9. The first-order valence-electron chi connectivity index (χ1n) is 7.12. The predicted molar refractivity (Wildman–Crippen MR) is 83.7 cm³/mol. The molecule has 0 aliphatic carbocycles. The van der Waals surface area contributed by atoms with E-state index >= 15 is 0 Å². The van der Waals surface area contributed by atoms with E-state index in [1.807, 2.05) is 0 Å². The minimum absolute atomic E-state index is 0.187. The zero-order valence-corrected chi connectivity index (χ0v) is 14.3. The number of ether oxygens (including phenoxy) is 1. The molecule has 0 radical (unpaired) electrons. The summed E-state index contributed by atoms with van der Waals surface area (Å²) in [6.07, 6.45) is -4.16. The molecule has 1 heterocycles. The van der Waals surface area contributed by atoms with Crippen molar-refractivity contribution >= 4 is 33.8 Å². The van der Waals surface area contributed by atoms with Crippen LogP contribution in [0, 0.1) is 0 Å². The predicted octanol–water partition coefficient (Wildman–Crippen LogP) is 2.84. The lowest BCUT2D eigenvalue weighted by molar-refractivity contribution is -0.161. The van der Waals surface area contributed by atoms with E-state index in [0.717, 1.165) is 0 Å². The molecule has 1 saturated heterocycles. The number of carboxylic acids is 1. The van der Waals surface area contributed by atoms with Crippen LogP contribution in [-0.2, 0) is 9.53 Å². The Morgan fingerprint density at radius 1 is 1.28 bits per heavy atom. The average Bonchev–Trinajstić information content (AvgIpc) is 2.86. The van der Waals surface area contributed by atoms with Gasteiger partial charge in [-0.05, 0) is 12.1 Å². The van der Waals surface area contributed by atoms with Crippen molar-refractivity contribution in [1.82, 2.24) is 4.90 Å². The van der Waals surface area contributed by atoms with Crippen molar-refractivity contribution in [3.63, 3.8) is 0 Å². The number of ketones is 1. The summed E-state index contributed by atoms with van der Waals surface area (Å²) in [4.78, 5) is 36.1. The van der Waals surface area contributed by atoms with E-state index in [1.54, 1.807) is 12.1 Å². The van der Waals surface area contributed by atoms with Gasteiger partial charge in [-0.15, -0.1) is 0 Å². The van der Waals surface area contributed by atoms with Gasteiger partial charge in [0, 0.05) is 22.9 Å². The summed E-state index contributed by atoms with van der Waals surface area (Å²) in [5, 5.41) is 18.8. The van der Waals surface area contributed by atoms with E-state index in [2.05, 4.69) is 20.7 Å². The minimum atomic E-state index is -3.17. The fourth-order valence-electron chi connectivity index (χ4n) is 2.88. The van der Waals surface area contributed by atoms with Gasteiger partial charge in [-0.1, -0.05) is 28.1 Å². The third-order valence-corrected chi connectivity index (χ3v) is 4.54. The zero-order chi connectivity index (χ0) is 18.8. The first kappa shape index (κ1) is 19.3. The summed E-state index contributed by atoms with van der Waals surface area (Å²) in [6.45, 7) is -3.73. The number of amides is 1. The summed E-state index contributed by atoms with van der Waals surface area (Å²) in [6, 6.07) is 6.06. The van der Waals surface area contributed by atoms with Crippen LogP contribution >= 0.6 is 15.9 Å². The molecule has 25 heavy (non-hydrogen) atoms. The summed E-state index contributed by atoms with van der Waals surface area (Å²) in [5.41, 5.74) is -1.97. The van der Waals surface area contributed by atoms with Crippen LogP contribution < -0.4 is 0 Å². The van der Waals surface area contributed by atoms with Crippen molar-refractivity contribution in [3.05, 3.63) is 34.3 Å². The first-order valence-corrected chi connectivity index (χ1v) is 7.91. The summed E-state index contributed by atoms with van der Waals surface area (Å²) < 4.78 is 29.8. The number of carbonyl (C=O) groups is 3. The van der Waals surface area contributed by atoms with Gasteiger partial charge in [-0.2, -0.15) is 8.78 Å². The minimum Gasteiger partial charge on any atom is -0.479 e. The number of Topliss-reactive ketones (excluding diaryl/α,β-unsaturated/α-hetero) is 1. The first-order chi connectivity index (χ1) is 11.7. The number of nitrogens with zero attached hydrogens (tertiary/aromatic N) is 1. The quantitative estimate of drug-likeness (QED) is 0.684. The van der Waals surface area contributed by atoms with Crippen molar-refractivity contribution < 1.29 is 38.1 Å². The molecule has 1 aromatic rings. The molecule has 1 amide bonds. The number of aliphatic carboxylic acids is 1. The topological polar surface area (TPSA) is 104 Å². The monoisotopic (exact) mass is 421 g/mol. The van der Waals surface area contributed by atoms with Gasteiger partial charge < -0.3 is 14.9 Å². The Bertz CT molecular complexity index is 683. The van der Waals surface area contributed by atoms with Crippen LogP contribution in [0.15, 0.2) is 28.7 Å². The van der Waals surface area contributed by atoms with Crippen molar-refractivity contribution in [2.75, 3.05) is 6.54 Å². The molecule has 10 heteroatoms. The summed E-state index contributed by atoms with van der Waals surface area (Å²) in [5.74, 6) is -2.19. The zero-order valence-electron chi connectivity index (χ0n) is 12.7. The van der Waals surface area contributed by atoms with Crippen LogP contribution in [0.4, 0.5) is 13.6 Å². The molecule has 0 bridgehead atoms. The fraction of sp³-hybridized carbons (Fsp3) is 0.400. The lowest BCUT2D eigenvalue weighted by Crippen LogP contribution is -2.53. The van der Waals surface area contributed by atoms with Crippen LogP contribution in [-0.4, -0.2) is 57.8 Å². The maximum absolute atomic E-state index is 12.4. The highest BCUT2D eigenvalue weighted by molar-refractivity contribution is 9.10. The van der Waals surface area contributed by atoms with E-state index in [4.69, 9.17) is 0 Å². The fourth-order valence-corrected chi connectivity index (χ4v) is 3.14. The van der Waals surface area contributed by atoms with E-state index < -0.39 is 55.5 Å². The van der Waals surface area contributed by atoms with Crippen LogP contribution in [0.1, 0.15) is 23.2 Å². The third-order valence-electron chi connectivity index (χ3n) is 4.01. The number of carbonyl (C=O) groups excluding carboxylic acids is 1. The maximum atomic E-state index is 12.4. The van der Waals surface area contributed by atoms with Crippen molar-refractivity contribution in [3.8, 4) is 0 Å². The Morgan fingerprint density at radius 3 is 2.36 bits per heavy atom. The molecule has 2 unspecified atom stereocenters. The van der Waals surface area contributed by atoms with E-state index in [9.17, 15) is 33.4 Å².